The zero-order valence-corrected chi connectivity index (χ0v) is 8.66. The summed E-state index contributed by atoms with van der Waals surface area (Å²) in [5.41, 5.74) is 0.916. The monoisotopic (exact) mass is 229 g/mol. The van der Waals surface area contributed by atoms with Gasteiger partial charge in [-0.15, -0.1) is 4.91 Å². The van der Waals surface area contributed by atoms with E-state index in [0.717, 1.165) is 6.20 Å². The molecule has 17 heavy (non-hydrogen) atoms. The van der Waals surface area contributed by atoms with Gasteiger partial charge >= 0.3 is 0 Å². The van der Waals surface area contributed by atoms with Crippen molar-refractivity contribution in [3.8, 4) is 6.07 Å². The standard InChI is InChI=1S/C11H7N3O3/c1-8(13-15)11-6-9(4-5-14(16)17)2-3-10(11)7-12/h2-6H,1H2/b5-4+. The lowest BCUT2D eigenvalue weighted by molar-refractivity contribution is -0.400. The molecule has 0 heterocycles. The Balaban J connectivity index is 3.23. The van der Waals surface area contributed by atoms with Gasteiger partial charge in [0.2, 0.25) is 6.20 Å². The van der Waals surface area contributed by atoms with E-state index in [9.17, 15) is 15.0 Å². The Kier molecular flexibility index (Phi) is 3.84. The summed E-state index contributed by atoms with van der Waals surface area (Å²) in [5.74, 6) is 0. The van der Waals surface area contributed by atoms with Crippen LogP contribution >= 0.6 is 0 Å². The molecule has 6 nitrogen and oxygen atoms in total. The number of rotatable bonds is 4. The van der Waals surface area contributed by atoms with Gasteiger partial charge in [0, 0.05) is 11.6 Å². The normalized spacial score (nSPS) is 9.82. The maximum atomic E-state index is 10.4. The topological polar surface area (TPSA) is 96.4 Å². The number of nitroso groups, excluding NO2 is 1. The van der Waals surface area contributed by atoms with Crippen LogP contribution in [0, 0.1) is 26.4 Å². The Labute approximate surface area is 96.6 Å². The molecule has 0 aliphatic heterocycles. The summed E-state index contributed by atoms with van der Waals surface area (Å²) in [4.78, 5) is 19.9. The quantitative estimate of drug-likeness (QED) is 0.450. The lowest BCUT2D eigenvalue weighted by Crippen LogP contribution is -1.89. The third-order valence-corrected chi connectivity index (χ3v) is 1.97. The number of nitro groups is 1. The van der Waals surface area contributed by atoms with Gasteiger partial charge in [0.15, 0.2) is 0 Å². The van der Waals surface area contributed by atoms with E-state index in [0.29, 0.717) is 5.56 Å². The van der Waals surface area contributed by atoms with Crippen molar-refractivity contribution in [3.63, 3.8) is 0 Å². The fourth-order valence-electron chi connectivity index (χ4n) is 1.20. The van der Waals surface area contributed by atoms with E-state index in [1.54, 1.807) is 0 Å². The molecule has 0 aliphatic carbocycles. The lowest BCUT2D eigenvalue weighted by atomic mass is 10.0. The Morgan fingerprint density at radius 1 is 1.59 bits per heavy atom. The first kappa shape index (κ1) is 12.3. The van der Waals surface area contributed by atoms with Crippen LogP contribution in [-0.4, -0.2) is 4.92 Å². The number of nitriles is 1. The van der Waals surface area contributed by atoms with Crippen molar-refractivity contribution in [1.29, 1.82) is 5.26 Å². The minimum Gasteiger partial charge on any atom is -0.259 e. The smallest absolute Gasteiger partial charge is 0.235 e. The number of hydrogen-bond donors (Lipinski definition) is 0. The highest BCUT2D eigenvalue weighted by Gasteiger charge is 2.07. The Morgan fingerprint density at radius 2 is 2.29 bits per heavy atom. The molecule has 0 saturated heterocycles. The Hall–Kier alpha value is -2.81. The second-order valence-electron chi connectivity index (χ2n) is 3.06. The molecular formula is C11H7N3O3. The van der Waals surface area contributed by atoms with E-state index in [1.165, 1.54) is 24.3 Å². The average Bonchev–Trinajstić information content (AvgIpc) is 2.34. The molecule has 0 spiro atoms. The molecule has 0 N–H and O–H groups in total. The van der Waals surface area contributed by atoms with E-state index in [1.807, 2.05) is 6.07 Å². The third-order valence-electron chi connectivity index (χ3n) is 1.97. The zero-order valence-electron chi connectivity index (χ0n) is 8.66. The van der Waals surface area contributed by atoms with Gasteiger partial charge in [0.1, 0.15) is 5.70 Å². The zero-order chi connectivity index (χ0) is 12.8. The number of benzene rings is 1. The molecule has 0 unspecified atom stereocenters. The highest BCUT2D eigenvalue weighted by Crippen LogP contribution is 2.20. The summed E-state index contributed by atoms with van der Waals surface area (Å²) in [6.07, 6.45) is 2.02. The van der Waals surface area contributed by atoms with Crippen LogP contribution in [0.15, 0.2) is 36.2 Å². The molecule has 0 radical (unpaired) electrons. The van der Waals surface area contributed by atoms with Crippen LogP contribution < -0.4 is 0 Å². The first-order chi connectivity index (χ1) is 8.08. The minimum absolute atomic E-state index is 0.0853. The molecule has 6 heteroatoms. The second kappa shape index (κ2) is 5.32. The van der Waals surface area contributed by atoms with Crippen molar-refractivity contribution in [1.82, 2.24) is 0 Å². The molecule has 0 aromatic heterocycles. The summed E-state index contributed by atoms with van der Waals surface area (Å²) in [7, 11) is 0. The van der Waals surface area contributed by atoms with Gasteiger partial charge in [0.25, 0.3) is 0 Å². The van der Waals surface area contributed by atoms with E-state index >= 15 is 0 Å². The van der Waals surface area contributed by atoms with Crippen molar-refractivity contribution in [2.75, 3.05) is 0 Å². The first-order valence-electron chi connectivity index (χ1n) is 4.47. The summed E-state index contributed by atoms with van der Waals surface area (Å²) in [6.45, 7) is 3.40. The number of hydrogen-bond acceptors (Lipinski definition) is 5. The van der Waals surface area contributed by atoms with Crippen molar-refractivity contribution in [3.05, 3.63) is 62.7 Å². The molecule has 1 aromatic rings. The van der Waals surface area contributed by atoms with Gasteiger partial charge in [-0.05, 0) is 22.9 Å². The highest BCUT2D eigenvalue weighted by molar-refractivity contribution is 5.70. The summed E-state index contributed by atoms with van der Waals surface area (Å²) < 4.78 is 0. The van der Waals surface area contributed by atoms with Crippen molar-refractivity contribution < 1.29 is 4.92 Å². The van der Waals surface area contributed by atoms with Crippen LogP contribution in [0.25, 0.3) is 11.8 Å². The van der Waals surface area contributed by atoms with Gasteiger partial charge < -0.3 is 0 Å². The van der Waals surface area contributed by atoms with Gasteiger partial charge in [0.05, 0.1) is 16.6 Å². The summed E-state index contributed by atoms with van der Waals surface area (Å²) >= 11 is 0. The van der Waals surface area contributed by atoms with Crippen LogP contribution in [0.1, 0.15) is 16.7 Å². The Morgan fingerprint density at radius 3 is 2.82 bits per heavy atom. The maximum absolute atomic E-state index is 10.4. The molecule has 84 valence electrons. The van der Waals surface area contributed by atoms with Gasteiger partial charge in [-0.2, -0.15) is 5.26 Å². The summed E-state index contributed by atoms with van der Waals surface area (Å²) in [5, 5.41) is 21.6. The molecule has 0 atom stereocenters. The van der Waals surface area contributed by atoms with Crippen molar-refractivity contribution >= 4 is 11.8 Å². The second-order valence-corrected chi connectivity index (χ2v) is 3.06. The van der Waals surface area contributed by atoms with E-state index in [2.05, 4.69) is 11.8 Å². The van der Waals surface area contributed by atoms with Crippen LogP contribution in [0.3, 0.4) is 0 Å². The van der Waals surface area contributed by atoms with E-state index < -0.39 is 4.92 Å². The van der Waals surface area contributed by atoms with Crippen LogP contribution in [-0.2, 0) is 0 Å². The maximum Gasteiger partial charge on any atom is 0.235 e. The minimum atomic E-state index is -0.606. The van der Waals surface area contributed by atoms with E-state index in [4.69, 9.17) is 5.26 Å². The SMILES string of the molecule is C=C(N=O)c1cc(/C=C/[N+](=O)[O-])ccc1C#N. The third kappa shape index (κ3) is 3.07. The van der Waals surface area contributed by atoms with Crippen LogP contribution in [0.2, 0.25) is 0 Å². The van der Waals surface area contributed by atoms with Crippen LogP contribution in [0.5, 0.6) is 0 Å². The van der Waals surface area contributed by atoms with Gasteiger partial charge in [-0.1, -0.05) is 12.6 Å². The molecule has 0 saturated carbocycles. The number of nitrogens with zero attached hydrogens (tertiary/aromatic N) is 3. The van der Waals surface area contributed by atoms with Crippen molar-refractivity contribution in [2.24, 2.45) is 5.18 Å². The van der Waals surface area contributed by atoms with E-state index in [-0.39, 0.29) is 16.8 Å². The van der Waals surface area contributed by atoms with Gasteiger partial charge in [-0.25, -0.2) is 0 Å². The molecular weight excluding hydrogens is 222 g/mol. The lowest BCUT2D eigenvalue weighted by Gasteiger charge is -2.01. The molecule has 1 rings (SSSR count). The fourth-order valence-corrected chi connectivity index (χ4v) is 1.20. The predicted octanol–water partition coefficient (Wildman–Crippen LogP) is 2.54. The molecule has 0 aliphatic rings. The van der Waals surface area contributed by atoms with Crippen LogP contribution in [0.4, 0.5) is 0 Å². The molecule has 0 fully saturated rings. The molecule has 0 bridgehead atoms. The fraction of sp³-hybridized carbons (Fsp3) is 0. The highest BCUT2D eigenvalue weighted by atomic mass is 16.6. The summed E-state index contributed by atoms with van der Waals surface area (Å²) in [6, 6.07) is 6.31. The first-order valence-corrected chi connectivity index (χ1v) is 4.47. The largest absolute Gasteiger partial charge is 0.259 e. The van der Waals surface area contributed by atoms with Crippen molar-refractivity contribution in [2.45, 2.75) is 0 Å². The average molecular weight is 229 g/mol. The molecule has 1 aromatic carbocycles. The predicted molar refractivity (Wildman–Crippen MR) is 62.0 cm³/mol. The molecule has 0 amide bonds. The Bertz CT molecular complexity index is 556. The van der Waals surface area contributed by atoms with Gasteiger partial charge in [-0.3, -0.25) is 10.1 Å².